The molecule has 0 aliphatic heterocycles. The van der Waals surface area contributed by atoms with Crippen LogP contribution < -0.4 is 15.4 Å². The zero-order chi connectivity index (χ0) is 18.2. The summed E-state index contributed by atoms with van der Waals surface area (Å²) >= 11 is 0. The Morgan fingerprint density at radius 2 is 2.00 bits per heavy atom. The van der Waals surface area contributed by atoms with Gasteiger partial charge in [0.25, 0.3) is 0 Å². The van der Waals surface area contributed by atoms with Gasteiger partial charge in [0, 0.05) is 18.8 Å². The second kappa shape index (κ2) is 9.03. The zero-order valence-electron chi connectivity index (χ0n) is 14.8. The van der Waals surface area contributed by atoms with E-state index in [-0.39, 0.29) is 11.8 Å². The molecule has 0 aromatic heterocycles. The molecule has 6 heteroatoms. The van der Waals surface area contributed by atoms with Crippen LogP contribution in [-0.2, 0) is 6.54 Å². The lowest BCUT2D eigenvalue weighted by atomic mass is 10.2. The maximum absolute atomic E-state index is 13.5. The molecule has 2 N–H and O–H groups in total. The molecule has 0 spiro atoms. The van der Waals surface area contributed by atoms with E-state index in [1.807, 2.05) is 43.3 Å². The van der Waals surface area contributed by atoms with Gasteiger partial charge in [-0.2, -0.15) is 0 Å². The molecule has 2 aromatic carbocycles. The van der Waals surface area contributed by atoms with Crippen molar-refractivity contribution in [2.75, 3.05) is 32.6 Å². The summed E-state index contributed by atoms with van der Waals surface area (Å²) in [5.74, 6) is 0.419. The molecule has 0 aliphatic carbocycles. The zero-order valence-corrected chi connectivity index (χ0v) is 14.8. The molecule has 0 saturated heterocycles. The van der Waals surface area contributed by atoms with Gasteiger partial charge in [-0.1, -0.05) is 18.2 Å². The van der Waals surface area contributed by atoms with Crippen LogP contribution in [0.1, 0.15) is 11.1 Å². The Hall–Kier alpha value is -2.60. The average Bonchev–Trinajstić information content (AvgIpc) is 2.56. The second-order valence-electron chi connectivity index (χ2n) is 6.07. The van der Waals surface area contributed by atoms with Crippen LogP contribution in [0, 0.1) is 12.7 Å². The molecule has 2 aromatic rings. The van der Waals surface area contributed by atoms with E-state index in [4.69, 9.17) is 4.74 Å². The highest BCUT2D eigenvalue weighted by molar-refractivity contribution is 5.89. The molecular formula is C19H24FN3O2. The van der Waals surface area contributed by atoms with Gasteiger partial charge in [-0.25, -0.2) is 9.18 Å². The molecule has 0 unspecified atom stereocenters. The highest BCUT2D eigenvalue weighted by atomic mass is 19.1. The monoisotopic (exact) mass is 345 g/mol. The summed E-state index contributed by atoms with van der Waals surface area (Å²) in [6.45, 7) is 3.46. The van der Waals surface area contributed by atoms with Gasteiger partial charge in [0.1, 0.15) is 18.2 Å². The molecule has 25 heavy (non-hydrogen) atoms. The van der Waals surface area contributed by atoms with E-state index in [9.17, 15) is 9.18 Å². The number of hydrogen-bond acceptors (Lipinski definition) is 3. The molecule has 0 bridgehead atoms. The van der Waals surface area contributed by atoms with Crippen LogP contribution >= 0.6 is 0 Å². The lowest BCUT2D eigenvalue weighted by molar-refractivity contribution is 0.251. The topological polar surface area (TPSA) is 53.6 Å². The summed E-state index contributed by atoms with van der Waals surface area (Å²) in [4.78, 5) is 14.0. The Kier molecular flexibility index (Phi) is 6.77. The van der Waals surface area contributed by atoms with Crippen molar-refractivity contribution < 1.29 is 13.9 Å². The van der Waals surface area contributed by atoms with Crippen LogP contribution in [0.2, 0.25) is 0 Å². The van der Waals surface area contributed by atoms with Crippen LogP contribution in [0.3, 0.4) is 0 Å². The smallest absolute Gasteiger partial charge is 0.319 e. The van der Waals surface area contributed by atoms with E-state index in [0.29, 0.717) is 24.4 Å². The highest BCUT2D eigenvalue weighted by Gasteiger charge is 2.05. The molecule has 2 amide bonds. The van der Waals surface area contributed by atoms with Crippen molar-refractivity contribution in [3.05, 3.63) is 59.4 Å². The number of nitrogens with zero attached hydrogens (tertiary/aromatic N) is 1. The number of anilines is 1. The number of rotatable bonds is 7. The Morgan fingerprint density at radius 3 is 2.72 bits per heavy atom. The SMILES string of the molecule is Cc1ccc(NC(=O)NCc2cccc(OCCN(C)C)c2)cc1F. The quantitative estimate of drug-likeness (QED) is 0.809. The third kappa shape index (κ3) is 6.43. The predicted octanol–water partition coefficient (Wildman–Crippen LogP) is 3.40. The van der Waals surface area contributed by atoms with E-state index in [1.54, 1.807) is 19.1 Å². The van der Waals surface area contributed by atoms with Crippen LogP contribution in [0.4, 0.5) is 14.9 Å². The third-order valence-electron chi connectivity index (χ3n) is 3.59. The molecule has 0 fully saturated rings. The van der Waals surface area contributed by atoms with Crippen molar-refractivity contribution in [2.45, 2.75) is 13.5 Å². The molecule has 0 heterocycles. The number of amides is 2. The summed E-state index contributed by atoms with van der Waals surface area (Å²) in [6.07, 6.45) is 0. The molecule has 0 aliphatic rings. The maximum Gasteiger partial charge on any atom is 0.319 e. The maximum atomic E-state index is 13.5. The van der Waals surface area contributed by atoms with Gasteiger partial charge in [0.2, 0.25) is 0 Å². The number of halogens is 1. The number of hydrogen-bond donors (Lipinski definition) is 2. The Bertz CT molecular complexity index is 720. The highest BCUT2D eigenvalue weighted by Crippen LogP contribution is 2.14. The fraction of sp³-hybridized carbons (Fsp3) is 0.316. The van der Waals surface area contributed by atoms with E-state index < -0.39 is 0 Å². The summed E-state index contributed by atoms with van der Waals surface area (Å²) < 4.78 is 19.2. The van der Waals surface area contributed by atoms with E-state index in [2.05, 4.69) is 10.6 Å². The van der Waals surface area contributed by atoms with Gasteiger partial charge >= 0.3 is 6.03 Å². The van der Waals surface area contributed by atoms with Gasteiger partial charge in [0.15, 0.2) is 0 Å². The van der Waals surface area contributed by atoms with E-state index in [1.165, 1.54) is 6.07 Å². The summed E-state index contributed by atoms with van der Waals surface area (Å²) in [5, 5.41) is 5.36. The Morgan fingerprint density at radius 1 is 1.20 bits per heavy atom. The van der Waals surface area contributed by atoms with Crippen molar-refractivity contribution in [3.8, 4) is 5.75 Å². The molecule has 0 atom stereocenters. The van der Waals surface area contributed by atoms with Crippen molar-refractivity contribution in [3.63, 3.8) is 0 Å². The first kappa shape index (κ1) is 18.7. The van der Waals surface area contributed by atoms with E-state index in [0.717, 1.165) is 17.9 Å². The second-order valence-corrected chi connectivity index (χ2v) is 6.07. The molecule has 2 rings (SSSR count). The summed E-state index contributed by atoms with van der Waals surface area (Å²) in [6, 6.07) is 11.8. The van der Waals surface area contributed by atoms with Crippen molar-refractivity contribution in [1.29, 1.82) is 0 Å². The summed E-state index contributed by atoms with van der Waals surface area (Å²) in [5.41, 5.74) is 1.88. The first-order valence-electron chi connectivity index (χ1n) is 8.11. The van der Waals surface area contributed by atoms with Crippen LogP contribution in [0.5, 0.6) is 5.75 Å². The number of ether oxygens (including phenoxy) is 1. The average molecular weight is 345 g/mol. The molecular weight excluding hydrogens is 321 g/mol. The van der Waals surface area contributed by atoms with Crippen molar-refractivity contribution >= 4 is 11.7 Å². The Balaban J connectivity index is 1.83. The lowest BCUT2D eigenvalue weighted by Crippen LogP contribution is -2.28. The number of nitrogens with one attached hydrogen (secondary N) is 2. The largest absolute Gasteiger partial charge is 0.492 e. The standard InChI is InChI=1S/C19H24FN3O2/c1-14-7-8-16(12-18(14)20)22-19(24)21-13-15-5-4-6-17(11-15)25-10-9-23(2)3/h4-8,11-12H,9-10,13H2,1-3H3,(H2,21,22,24). The van der Waals surface area contributed by atoms with Gasteiger partial charge in [-0.15, -0.1) is 0 Å². The van der Waals surface area contributed by atoms with Crippen LogP contribution in [0.15, 0.2) is 42.5 Å². The van der Waals surface area contributed by atoms with E-state index >= 15 is 0 Å². The van der Waals surface area contributed by atoms with Gasteiger partial charge < -0.3 is 20.3 Å². The number of urea groups is 1. The van der Waals surface area contributed by atoms with Crippen molar-refractivity contribution in [1.82, 2.24) is 10.2 Å². The minimum atomic E-state index is -0.387. The summed E-state index contributed by atoms with van der Waals surface area (Å²) in [7, 11) is 3.98. The normalized spacial score (nSPS) is 10.6. The predicted molar refractivity (Wildman–Crippen MR) is 97.5 cm³/mol. The molecule has 134 valence electrons. The fourth-order valence-corrected chi connectivity index (χ4v) is 2.12. The first-order valence-corrected chi connectivity index (χ1v) is 8.11. The van der Waals surface area contributed by atoms with Gasteiger partial charge in [0.05, 0.1) is 0 Å². The van der Waals surface area contributed by atoms with Gasteiger partial charge in [-0.05, 0) is 56.4 Å². The van der Waals surface area contributed by atoms with Crippen LogP contribution in [0.25, 0.3) is 0 Å². The fourth-order valence-electron chi connectivity index (χ4n) is 2.12. The number of benzene rings is 2. The van der Waals surface area contributed by atoms with Crippen molar-refractivity contribution in [2.24, 2.45) is 0 Å². The Labute approximate surface area is 147 Å². The number of carbonyl (C=O) groups is 1. The molecule has 0 saturated carbocycles. The number of carbonyl (C=O) groups excluding carboxylic acids is 1. The molecule has 5 nitrogen and oxygen atoms in total. The molecule has 0 radical (unpaired) electrons. The lowest BCUT2D eigenvalue weighted by Gasteiger charge is -2.12. The van der Waals surface area contributed by atoms with Gasteiger partial charge in [-0.3, -0.25) is 0 Å². The number of aryl methyl sites for hydroxylation is 1. The third-order valence-corrected chi connectivity index (χ3v) is 3.59. The van der Waals surface area contributed by atoms with Crippen LogP contribution in [-0.4, -0.2) is 38.2 Å². The number of likely N-dealkylation sites (N-methyl/N-ethyl adjacent to an activating group) is 1. The minimum Gasteiger partial charge on any atom is -0.492 e. The first-order chi connectivity index (χ1) is 11.9. The minimum absolute atomic E-state index is 0.347.